The van der Waals surface area contributed by atoms with Gasteiger partial charge in [0.25, 0.3) is 0 Å². The Balaban J connectivity index is 1.74. The van der Waals surface area contributed by atoms with Crippen LogP contribution in [0.15, 0.2) is 93.3 Å². The van der Waals surface area contributed by atoms with Gasteiger partial charge in [0.05, 0.1) is 22.3 Å². The number of anilines is 1. The van der Waals surface area contributed by atoms with E-state index in [-0.39, 0.29) is 10.9 Å². The molecule has 0 saturated heterocycles. The minimum Gasteiger partial charge on any atom is -0.257 e. The first-order valence-corrected chi connectivity index (χ1v) is 11.1. The smallest absolute Gasteiger partial charge is 0.238 e. The normalized spacial score (nSPS) is 16.9. The molecule has 5 nitrogen and oxygen atoms in total. The highest BCUT2D eigenvalue weighted by atomic mass is 79.9. The highest BCUT2D eigenvalue weighted by Gasteiger charge is 2.30. The second-order valence-corrected chi connectivity index (χ2v) is 9.04. The molecule has 2 N–H and O–H groups in total. The first kappa shape index (κ1) is 18.9. The van der Waals surface area contributed by atoms with Gasteiger partial charge in [-0.05, 0) is 47.5 Å². The number of hydrazone groups is 1. The van der Waals surface area contributed by atoms with Crippen molar-refractivity contribution in [3.05, 3.63) is 94.5 Å². The first-order chi connectivity index (χ1) is 13.4. The Morgan fingerprint density at radius 2 is 1.57 bits per heavy atom. The van der Waals surface area contributed by atoms with Crippen molar-refractivity contribution in [2.24, 2.45) is 10.2 Å². The summed E-state index contributed by atoms with van der Waals surface area (Å²) in [5.74, 6) is 0. The lowest BCUT2D eigenvalue weighted by Gasteiger charge is -2.24. The van der Waals surface area contributed by atoms with Crippen LogP contribution in [0.25, 0.3) is 0 Å². The fourth-order valence-electron chi connectivity index (χ4n) is 3.29. The summed E-state index contributed by atoms with van der Waals surface area (Å²) in [6, 6.07) is 24.8. The summed E-state index contributed by atoms with van der Waals surface area (Å²) in [6.07, 6.45) is 0.753. The van der Waals surface area contributed by atoms with Gasteiger partial charge in [-0.2, -0.15) is 5.10 Å². The van der Waals surface area contributed by atoms with Crippen LogP contribution in [0, 0.1) is 0 Å². The number of hydrogen-bond donors (Lipinski definition) is 1. The van der Waals surface area contributed by atoms with Gasteiger partial charge in [-0.3, -0.25) is 5.01 Å². The third-order valence-corrected chi connectivity index (χ3v) is 6.16. The summed E-state index contributed by atoms with van der Waals surface area (Å²) in [7, 11) is -3.73. The van der Waals surface area contributed by atoms with E-state index < -0.39 is 10.0 Å². The lowest BCUT2D eigenvalue weighted by Crippen LogP contribution is -2.19. The number of primary sulfonamides is 1. The molecule has 3 aromatic rings. The van der Waals surface area contributed by atoms with Crippen molar-refractivity contribution in [2.45, 2.75) is 17.4 Å². The van der Waals surface area contributed by atoms with E-state index in [0.717, 1.165) is 33.4 Å². The van der Waals surface area contributed by atoms with E-state index in [4.69, 9.17) is 10.2 Å². The zero-order chi connectivity index (χ0) is 19.7. The Kier molecular flexibility index (Phi) is 5.05. The molecule has 3 aromatic carbocycles. The zero-order valence-corrected chi connectivity index (χ0v) is 17.3. The predicted molar refractivity (Wildman–Crippen MR) is 115 cm³/mol. The third kappa shape index (κ3) is 3.87. The van der Waals surface area contributed by atoms with E-state index in [9.17, 15) is 8.42 Å². The number of rotatable bonds is 4. The van der Waals surface area contributed by atoms with Crippen molar-refractivity contribution in [1.29, 1.82) is 0 Å². The zero-order valence-electron chi connectivity index (χ0n) is 14.9. The van der Waals surface area contributed by atoms with Crippen LogP contribution in [0.4, 0.5) is 5.69 Å². The van der Waals surface area contributed by atoms with E-state index in [1.165, 1.54) is 12.1 Å². The van der Waals surface area contributed by atoms with Crippen LogP contribution < -0.4 is 10.1 Å². The van der Waals surface area contributed by atoms with E-state index in [2.05, 4.69) is 28.1 Å². The van der Waals surface area contributed by atoms with Crippen LogP contribution in [0.5, 0.6) is 0 Å². The molecular formula is C21H18BrN3O2S. The lowest BCUT2D eigenvalue weighted by molar-refractivity contribution is 0.597. The predicted octanol–water partition coefficient (Wildman–Crippen LogP) is 4.45. The monoisotopic (exact) mass is 455 g/mol. The van der Waals surface area contributed by atoms with Gasteiger partial charge in [-0.15, -0.1) is 0 Å². The summed E-state index contributed by atoms with van der Waals surface area (Å²) < 4.78 is 24.1. The van der Waals surface area contributed by atoms with Gasteiger partial charge in [0, 0.05) is 10.9 Å². The maximum Gasteiger partial charge on any atom is 0.238 e. The summed E-state index contributed by atoms with van der Waals surface area (Å²) in [5.41, 5.74) is 4.01. The minimum absolute atomic E-state index is 0.0173. The highest BCUT2D eigenvalue weighted by Crippen LogP contribution is 2.37. The van der Waals surface area contributed by atoms with Gasteiger partial charge in [0.1, 0.15) is 0 Å². The molecule has 0 aromatic heterocycles. The average molecular weight is 456 g/mol. The Labute approximate surface area is 172 Å². The van der Waals surface area contributed by atoms with E-state index in [0.29, 0.717) is 0 Å². The molecule has 0 bridgehead atoms. The molecule has 1 heterocycles. The van der Waals surface area contributed by atoms with Crippen molar-refractivity contribution in [2.75, 3.05) is 5.01 Å². The van der Waals surface area contributed by atoms with Crippen LogP contribution in [-0.4, -0.2) is 14.1 Å². The van der Waals surface area contributed by atoms with Gasteiger partial charge in [0.15, 0.2) is 0 Å². The second kappa shape index (κ2) is 7.50. The largest absolute Gasteiger partial charge is 0.257 e. The van der Waals surface area contributed by atoms with Gasteiger partial charge < -0.3 is 0 Å². The molecule has 1 aliphatic rings. The number of nitrogens with zero attached hydrogens (tertiary/aromatic N) is 2. The first-order valence-electron chi connectivity index (χ1n) is 8.72. The molecule has 28 heavy (non-hydrogen) atoms. The Hall–Kier alpha value is -2.48. The minimum atomic E-state index is -3.73. The van der Waals surface area contributed by atoms with Crippen molar-refractivity contribution < 1.29 is 8.42 Å². The SMILES string of the molecule is NS(=O)(=O)c1ccc(N2N=C(c3ccccc3)CC2c2ccc(Br)cc2)cc1. The van der Waals surface area contributed by atoms with E-state index in [1.807, 2.05) is 47.5 Å². The standard InChI is InChI=1S/C21H18BrN3O2S/c22-17-8-6-16(7-9-17)21-14-20(15-4-2-1-3-5-15)24-25(21)18-10-12-19(13-11-18)28(23,26)27/h1-13,21H,14H2,(H2,23,26,27). The van der Waals surface area contributed by atoms with Gasteiger partial charge >= 0.3 is 0 Å². The highest BCUT2D eigenvalue weighted by molar-refractivity contribution is 9.10. The Bertz CT molecular complexity index is 1110. The number of hydrogen-bond acceptors (Lipinski definition) is 4. The van der Waals surface area contributed by atoms with Crippen LogP contribution in [0.1, 0.15) is 23.6 Å². The molecule has 0 spiro atoms. The molecule has 7 heteroatoms. The Morgan fingerprint density at radius 1 is 0.929 bits per heavy atom. The molecule has 0 amide bonds. The summed E-state index contributed by atoms with van der Waals surface area (Å²) in [6.45, 7) is 0. The fourth-order valence-corrected chi connectivity index (χ4v) is 4.07. The third-order valence-electron chi connectivity index (χ3n) is 4.70. The molecule has 0 fully saturated rings. The van der Waals surface area contributed by atoms with Crippen LogP contribution in [0.2, 0.25) is 0 Å². The molecule has 0 radical (unpaired) electrons. The molecule has 1 aliphatic heterocycles. The summed E-state index contributed by atoms with van der Waals surface area (Å²) in [5, 5.41) is 12.0. The topological polar surface area (TPSA) is 75.8 Å². The van der Waals surface area contributed by atoms with E-state index in [1.54, 1.807) is 12.1 Å². The molecular weight excluding hydrogens is 438 g/mol. The molecule has 4 rings (SSSR count). The maximum absolute atomic E-state index is 11.6. The lowest BCUT2D eigenvalue weighted by atomic mass is 9.98. The van der Waals surface area contributed by atoms with Gasteiger partial charge in [-0.1, -0.05) is 58.4 Å². The summed E-state index contributed by atoms with van der Waals surface area (Å²) in [4.78, 5) is 0.0860. The molecule has 1 atom stereocenters. The summed E-state index contributed by atoms with van der Waals surface area (Å²) >= 11 is 3.48. The second-order valence-electron chi connectivity index (χ2n) is 6.57. The number of sulfonamides is 1. The van der Waals surface area contributed by atoms with Crippen LogP contribution in [0.3, 0.4) is 0 Å². The number of halogens is 1. The molecule has 0 saturated carbocycles. The maximum atomic E-state index is 11.6. The van der Waals surface area contributed by atoms with Crippen molar-refractivity contribution >= 4 is 37.4 Å². The fraction of sp³-hybridized carbons (Fsp3) is 0.0952. The number of benzene rings is 3. The Morgan fingerprint density at radius 3 is 2.18 bits per heavy atom. The van der Waals surface area contributed by atoms with E-state index >= 15 is 0 Å². The molecule has 142 valence electrons. The quantitative estimate of drug-likeness (QED) is 0.630. The van der Waals surface area contributed by atoms with Crippen molar-refractivity contribution in [1.82, 2.24) is 0 Å². The average Bonchev–Trinajstić information content (AvgIpc) is 3.14. The number of nitrogens with two attached hydrogens (primary N) is 1. The molecule has 1 unspecified atom stereocenters. The van der Waals surface area contributed by atoms with Crippen LogP contribution in [-0.2, 0) is 10.0 Å². The van der Waals surface area contributed by atoms with Gasteiger partial charge in [-0.25, -0.2) is 13.6 Å². The van der Waals surface area contributed by atoms with Crippen molar-refractivity contribution in [3.8, 4) is 0 Å². The van der Waals surface area contributed by atoms with Crippen LogP contribution >= 0.6 is 15.9 Å². The van der Waals surface area contributed by atoms with Crippen molar-refractivity contribution in [3.63, 3.8) is 0 Å². The molecule has 0 aliphatic carbocycles. The van der Waals surface area contributed by atoms with Gasteiger partial charge in [0.2, 0.25) is 10.0 Å².